The Balaban J connectivity index is 1.70. The van der Waals surface area contributed by atoms with Gasteiger partial charge in [0.1, 0.15) is 3.82 Å². The molecule has 174 valence electrons. The Hall–Kier alpha value is -0.160. The zero-order valence-corrected chi connectivity index (χ0v) is 23.4. The summed E-state index contributed by atoms with van der Waals surface area (Å²) in [5.41, 5.74) is 4.64. The van der Waals surface area contributed by atoms with E-state index >= 15 is 0 Å². The molecule has 31 heavy (non-hydrogen) atoms. The molecule has 0 fully saturated rings. The minimum atomic E-state index is 0.283. The lowest BCUT2D eigenvalue weighted by Gasteiger charge is -2.17. The molecule has 4 heteroatoms. The number of rotatable bonds is 15. The van der Waals surface area contributed by atoms with E-state index in [4.69, 9.17) is 12.2 Å². The molecular formula is C27H42S4. The predicted molar refractivity (Wildman–Crippen MR) is 148 cm³/mol. The fourth-order valence-corrected chi connectivity index (χ4v) is 8.32. The summed E-state index contributed by atoms with van der Waals surface area (Å²) in [5.74, 6) is 1.05. The van der Waals surface area contributed by atoms with E-state index in [0.717, 1.165) is 16.0 Å². The van der Waals surface area contributed by atoms with Crippen LogP contribution >= 0.6 is 44.7 Å². The first-order chi connectivity index (χ1) is 14.9. The number of aryl methyl sites for hydroxylation is 1. The Morgan fingerprint density at radius 1 is 0.839 bits per heavy atom. The zero-order chi connectivity index (χ0) is 22.5. The highest BCUT2D eigenvalue weighted by Crippen LogP contribution is 2.39. The van der Waals surface area contributed by atoms with Gasteiger partial charge in [0.25, 0.3) is 0 Å². The van der Waals surface area contributed by atoms with Crippen LogP contribution in [0.5, 0.6) is 0 Å². The number of hydrogen-bond acceptors (Lipinski definition) is 4. The van der Waals surface area contributed by atoms with E-state index in [0.29, 0.717) is 0 Å². The molecule has 0 atom stereocenters. The first-order valence-corrected chi connectivity index (χ1v) is 15.8. The molecule has 0 spiro atoms. The van der Waals surface area contributed by atoms with Crippen LogP contribution in [0, 0.1) is 9.24 Å². The van der Waals surface area contributed by atoms with Crippen LogP contribution in [0.4, 0.5) is 0 Å². The third kappa shape index (κ3) is 11.5. The van der Waals surface area contributed by atoms with Gasteiger partial charge >= 0.3 is 0 Å². The average molecular weight is 495 g/mol. The highest BCUT2D eigenvalue weighted by atomic mass is 32.9. The van der Waals surface area contributed by atoms with E-state index in [1.165, 1.54) is 91.5 Å². The molecule has 0 unspecified atom stereocenters. The van der Waals surface area contributed by atoms with Crippen molar-refractivity contribution in [1.29, 1.82) is 0 Å². The van der Waals surface area contributed by atoms with E-state index < -0.39 is 0 Å². The number of hydrogen-bond donors (Lipinski definition) is 0. The van der Waals surface area contributed by atoms with Crippen LogP contribution in [0.2, 0.25) is 0 Å². The van der Waals surface area contributed by atoms with Crippen LogP contribution in [-0.4, -0.2) is 0 Å². The van der Waals surface area contributed by atoms with Crippen LogP contribution in [0.25, 0.3) is 0 Å². The Morgan fingerprint density at radius 2 is 1.45 bits per heavy atom. The molecule has 2 aromatic rings. The van der Waals surface area contributed by atoms with Crippen LogP contribution in [-0.2, 0) is 18.6 Å². The Bertz CT molecular complexity index is 794. The Kier molecular flexibility index (Phi) is 13.0. The summed E-state index contributed by atoms with van der Waals surface area (Å²) in [5, 5.41) is 0. The van der Waals surface area contributed by atoms with Crippen molar-refractivity contribution in [3.8, 4) is 0 Å². The lowest BCUT2D eigenvalue weighted by Crippen LogP contribution is -2.09. The number of benzene rings is 1. The van der Waals surface area contributed by atoms with Gasteiger partial charge in [0, 0.05) is 11.3 Å². The van der Waals surface area contributed by atoms with Crippen molar-refractivity contribution in [3.05, 3.63) is 44.8 Å². The summed E-state index contributed by atoms with van der Waals surface area (Å²) >= 11 is 7.59. The lowest BCUT2D eigenvalue weighted by atomic mass is 9.90. The van der Waals surface area contributed by atoms with E-state index in [9.17, 15) is 0 Å². The molecule has 0 bridgehead atoms. The molecule has 0 amide bonds. The van der Waals surface area contributed by atoms with Crippen LogP contribution in [0.3, 0.4) is 0 Å². The molecule has 0 aliphatic rings. The maximum absolute atomic E-state index is 5.62. The molecule has 0 aliphatic carbocycles. The van der Waals surface area contributed by atoms with Gasteiger partial charge in [-0.15, -0.1) is 11.8 Å². The third-order valence-electron chi connectivity index (χ3n) is 5.57. The highest BCUT2D eigenvalue weighted by molar-refractivity contribution is 8.02. The molecule has 1 aromatic heterocycles. The maximum Gasteiger partial charge on any atom is 0.106 e. The van der Waals surface area contributed by atoms with Crippen molar-refractivity contribution in [3.63, 3.8) is 0 Å². The van der Waals surface area contributed by atoms with Crippen molar-refractivity contribution in [1.82, 2.24) is 0 Å². The molecule has 0 radical (unpaired) electrons. The van der Waals surface area contributed by atoms with E-state index in [1.54, 1.807) is 10.3 Å². The molecule has 2 rings (SSSR count). The topological polar surface area (TPSA) is 0 Å². The fraction of sp³-hybridized carbons (Fsp3) is 0.667. The quantitative estimate of drug-likeness (QED) is 0.104. The Labute approximate surface area is 208 Å². The second kappa shape index (κ2) is 14.9. The van der Waals surface area contributed by atoms with Crippen molar-refractivity contribution >= 4 is 44.7 Å². The number of unbranched alkanes of at least 4 members (excludes halogenated alkanes) is 9. The Morgan fingerprint density at radius 3 is 2.10 bits per heavy atom. The molecular weight excluding hydrogens is 453 g/mol. The van der Waals surface area contributed by atoms with Gasteiger partial charge in [0.2, 0.25) is 0 Å². The van der Waals surface area contributed by atoms with Crippen LogP contribution in [0.1, 0.15) is 109 Å². The second-order valence-electron chi connectivity index (χ2n) is 10.00. The smallest absolute Gasteiger partial charge is 0.106 e. The summed E-state index contributed by atoms with van der Waals surface area (Å²) < 4.78 is 2.53. The van der Waals surface area contributed by atoms with Gasteiger partial charge in [-0.1, -0.05) is 143 Å². The summed E-state index contributed by atoms with van der Waals surface area (Å²) in [6.07, 6.45) is 16.3. The molecule has 0 aliphatic heterocycles. The maximum atomic E-state index is 5.62. The SMILES string of the molecule is CCCCCCCCCCCCc1cccc(CSc2ssc(=S)c2CC(C)(C)C)c1. The summed E-state index contributed by atoms with van der Waals surface area (Å²) in [6, 6.07) is 9.26. The van der Waals surface area contributed by atoms with E-state index in [1.807, 2.05) is 22.1 Å². The van der Waals surface area contributed by atoms with E-state index in [2.05, 4.69) is 52.0 Å². The van der Waals surface area contributed by atoms with Crippen LogP contribution < -0.4 is 0 Å². The molecule has 0 nitrogen and oxygen atoms in total. The third-order valence-corrected chi connectivity index (χ3v) is 10.4. The predicted octanol–water partition coefficient (Wildman–Crippen LogP) is 10.9. The summed E-state index contributed by atoms with van der Waals surface area (Å²) in [4.78, 5) is 0. The lowest BCUT2D eigenvalue weighted by molar-refractivity contribution is 0.409. The molecule has 1 aromatic carbocycles. The van der Waals surface area contributed by atoms with E-state index in [-0.39, 0.29) is 5.41 Å². The average Bonchev–Trinajstić information content (AvgIpc) is 3.06. The van der Waals surface area contributed by atoms with Gasteiger partial charge in [-0.25, -0.2) is 0 Å². The largest absolute Gasteiger partial charge is 0.109 e. The minimum Gasteiger partial charge on any atom is -0.109 e. The standard InChI is InChI=1S/C27H42S4/c1-5-6-7-8-9-10-11-12-13-14-16-22-17-15-18-23(19-22)21-29-26-24(20-27(2,3)4)25(28)30-31-26/h15,17-19H,5-14,16,20-21H2,1-4H3. The van der Waals surface area contributed by atoms with Gasteiger partial charge < -0.3 is 0 Å². The number of thioether (sulfide) groups is 1. The molecule has 0 saturated carbocycles. The first-order valence-electron chi connectivity index (χ1n) is 12.2. The van der Waals surface area contributed by atoms with Gasteiger partial charge in [0.05, 0.1) is 4.21 Å². The van der Waals surface area contributed by atoms with Gasteiger partial charge in [-0.3, -0.25) is 0 Å². The minimum absolute atomic E-state index is 0.283. The second-order valence-corrected chi connectivity index (χ2v) is 14.1. The van der Waals surface area contributed by atoms with Crippen LogP contribution in [0.15, 0.2) is 28.5 Å². The normalized spacial score (nSPS) is 11.9. The van der Waals surface area contributed by atoms with Gasteiger partial charge in [-0.05, 0) is 35.8 Å². The fourth-order valence-electron chi connectivity index (χ4n) is 3.89. The molecule has 0 N–H and O–H groups in total. The van der Waals surface area contributed by atoms with Gasteiger partial charge in [0.15, 0.2) is 0 Å². The van der Waals surface area contributed by atoms with Crippen molar-refractivity contribution in [2.45, 2.75) is 115 Å². The highest BCUT2D eigenvalue weighted by Gasteiger charge is 2.17. The zero-order valence-electron chi connectivity index (χ0n) is 20.1. The monoisotopic (exact) mass is 494 g/mol. The van der Waals surface area contributed by atoms with Crippen molar-refractivity contribution in [2.75, 3.05) is 0 Å². The summed E-state index contributed by atoms with van der Waals surface area (Å²) in [6.45, 7) is 9.19. The summed E-state index contributed by atoms with van der Waals surface area (Å²) in [7, 11) is 3.64. The van der Waals surface area contributed by atoms with Crippen molar-refractivity contribution < 1.29 is 0 Å². The molecule has 1 heterocycles. The van der Waals surface area contributed by atoms with Gasteiger partial charge in [-0.2, -0.15) is 0 Å². The van der Waals surface area contributed by atoms with Crippen molar-refractivity contribution in [2.24, 2.45) is 5.41 Å². The molecule has 0 saturated heterocycles. The first kappa shape index (κ1) is 27.1.